The molecule has 1 aliphatic rings. The van der Waals surface area contributed by atoms with Crippen LogP contribution in [0.1, 0.15) is 46.0 Å². The molecule has 5 nitrogen and oxygen atoms in total. The van der Waals surface area contributed by atoms with E-state index in [0.29, 0.717) is 17.8 Å². The largest absolute Gasteiger partial charge is 0.365 e. The lowest BCUT2D eigenvalue weighted by molar-refractivity contribution is -0.131. The summed E-state index contributed by atoms with van der Waals surface area (Å²) in [4.78, 5) is 23.4. The standard InChI is InChI=1S/C17H24N2O3/c1-3-16(22-15-9-4-5-10-15)17(21)19-14-8-6-7-13(11-14)18-12(2)20/h6-8,11,15-16H,3-5,9-10H2,1-2H3,(H,18,20)(H,19,21)/t16-/m1/s1. The SMILES string of the molecule is CC[C@@H](OC1CCCC1)C(=O)Nc1cccc(NC(C)=O)c1. The topological polar surface area (TPSA) is 67.4 Å². The molecular weight excluding hydrogens is 280 g/mol. The fraction of sp³-hybridized carbons (Fsp3) is 0.529. The van der Waals surface area contributed by atoms with E-state index >= 15 is 0 Å². The van der Waals surface area contributed by atoms with Gasteiger partial charge in [0.2, 0.25) is 5.91 Å². The molecule has 1 aromatic carbocycles. The lowest BCUT2D eigenvalue weighted by atomic mass is 10.2. The van der Waals surface area contributed by atoms with Gasteiger partial charge in [0.05, 0.1) is 6.10 Å². The van der Waals surface area contributed by atoms with Crippen LogP contribution in [0.5, 0.6) is 0 Å². The number of ether oxygens (including phenoxy) is 1. The van der Waals surface area contributed by atoms with E-state index < -0.39 is 6.10 Å². The number of carbonyl (C=O) groups is 2. The highest BCUT2D eigenvalue weighted by Gasteiger charge is 2.24. The number of hydrogen-bond donors (Lipinski definition) is 2. The van der Waals surface area contributed by atoms with Gasteiger partial charge in [-0.2, -0.15) is 0 Å². The second kappa shape index (κ2) is 7.94. The number of benzene rings is 1. The Balaban J connectivity index is 1.95. The number of amides is 2. The molecule has 120 valence electrons. The maximum Gasteiger partial charge on any atom is 0.253 e. The van der Waals surface area contributed by atoms with Crippen LogP contribution in [0.4, 0.5) is 11.4 Å². The Hall–Kier alpha value is -1.88. The van der Waals surface area contributed by atoms with E-state index in [-0.39, 0.29) is 17.9 Å². The number of rotatable bonds is 6. The van der Waals surface area contributed by atoms with Gasteiger partial charge in [-0.15, -0.1) is 0 Å². The summed E-state index contributed by atoms with van der Waals surface area (Å²) in [6.07, 6.45) is 4.88. The van der Waals surface area contributed by atoms with Crippen molar-refractivity contribution >= 4 is 23.2 Å². The average molecular weight is 304 g/mol. The third-order valence-electron chi connectivity index (χ3n) is 3.77. The van der Waals surface area contributed by atoms with Crippen molar-refractivity contribution in [2.24, 2.45) is 0 Å². The minimum Gasteiger partial charge on any atom is -0.365 e. The second-order valence-corrected chi connectivity index (χ2v) is 5.69. The van der Waals surface area contributed by atoms with Gasteiger partial charge in [-0.05, 0) is 37.5 Å². The smallest absolute Gasteiger partial charge is 0.253 e. The molecule has 1 aromatic rings. The van der Waals surface area contributed by atoms with E-state index in [2.05, 4.69) is 10.6 Å². The third kappa shape index (κ3) is 4.84. The van der Waals surface area contributed by atoms with Gasteiger partial charge in [0.25, 0.3) is 5.91 Å². The van der Waals surface area contributed by atoms with Crippen LogP contribution < -0.4 is 10.6 Å². The van der Waals surface area contributed by atoms with E-state index in [1.807, 2.05) is 6.92 Å². The van der Waals surface area contributed by atoms with Gasteiger partial charge in [0.1, 0.15) is 6.10 Å². The summed E-state index contributed by atoms with van der Waals surface area (Å²) in [7, 11) is 0. The van der Waals surface area contributed by atoms with Crippen LogP contribution in [0.15, 0.2) is 24.3 Å². The molecule has 0 unspecified atom stereocenters. The maximum atomic E-state index is 12.3. The van der Waals surface area contributed by atoms with Crippen LogP contribution in [-0.2, 0) is 14.3 Å². The van der Waals surface area contributed by atoms with E-state index in [1.54, 1.807) is 24.3 Å². The fourth-order valence-corrected chi connectivity index (χ4v) is 2.70. The molecule has 0 radical (unpaired) electrons. The molecule has 0 heterocycles. The molecule has 0 spiro atoms. The highest BCUT2D eigenvalue weighted by Crippen LogP contribution is 2.23. The number of anilines is 2. The molecule has 0 saturated heterocycles. The number of hydrogen-bond acceptors (Lipinski definition) is 3. The van der Waals surface area contributed by atoms with Gasteiger partial charge >= 0.3 is 0 Å². The maximum absolute atomic E-state index is 12.3. The normalized spacial score (nSPS) is 16.3. The molecule has 0 aliphatic heterocycles. The van der Waals surface area contributed by atoms with Crippen molar-refractivity contribution in [1.29, 1.82) is 0 Å². The lowest BCUT2D eigenvalue weighted by Gasteiger charge is -2.20. The van der Waals surface area contributed by atoms with E-state index in [1.165, 1.54) is 19.8 Å². The Bertz CT molecular complexity index is 524. The van der Waals surface area contributed by atoms with Crippen molar-refractivity contribution in [3.63, 3.8) is 0 Å². The molecule has 1 atom stereocenters. The Morgan fingerprint density at radius 2 is 1.86 bits per heavy atom. The third-order valence-corrected chi connectivity index (χ3v) is 3.77. The summed E-state index contributed by atoms with van der Waals surface area (Å²) < 4.78 is 5.91. The predicted octanol–water partition coefficient (Wildman–Crippen LogP) is 3.32. The van der Waals surface area contributed by atoms with E-state index in [4.69, 9.17) is 4.74 Å². The molecule has 22 heavy (non-hydrogen) atoms. The predicted molar refractivity (Wildman–Crippen MR) is 86.8 cm³/mol. The molecule has 2 N–H and O–H groups in total. The van der Waals surface area contributed by atoms with Crippen LogP contribution in [0.25, 0.3) is 0 Å². The highest BCUT2D eigenvalue weighted by molar-refractivity contribution is 5.95. The zero-order valence-corrected chi connectivity index (χ0v) is 13.2. The molecule has 0 bridgehead atoms. The number of nitrogens with one attached hydrogen (secondary N) is 2. The average Bonchev–Trinajstić information content (AvgIpc) is 2.97. The van der Waals surface area contributed by atoms with Gasteiger partial charge in [-0.3, -0.25) is 9.59 Å². The van der Waals surface area contributed by atoms with Crippen LogP contribution >= 0.6 is 0 Å². The Labute approximate surface area is 131 Å². The molecule has 1 saturated carbocycles. The highest BCUT2D eigenvalue weighted by atomic mass is 16.5. The van der Waals surface area contributed by atoms with Crippen LogP contribution in [-0.4, -0.2) is 24.0 Å². The van der Waals surface area contributed by atoms with Crippen molar-refractivity contribution in [2.45, 2.75) is 58.2 Å². The van der Waals surface area contributed by atoms with Gasteiger partial charge in [0, 0.05) is 18.3 Å². The fourth-order valence-electron chi connectivity index (χ4n) is 2.70. The minimum absolute atomic E-state index is 0.130. The molecule has 5 heteroatoms. The zero-order valence-electron chi connectivity index (χ0n) is 13.2. The Morgan fingerprint density at radius 1 is 1.23 bits per heavy atom. The molecule has 1 aliphatic carbocycles. The van der Waals surface area contributed by atoms with Crippen molar-refractivity contribution < 1.29 is 14.3 Å². The van der Waals surface area contributed by atoms with Crippen molar-refractivity contribution in [2.75, 3.05) is 10.6 Å². The van der Waals surface area contributed by atoms with Crippen LogP contribution in [0.2, 0.25) is 0 Å². The lowest BCUT2D eigenvalue weighted by Crippen LogP contribution is -2.32. The Morgan fingerprint density at radius 3 is 2.45 bits per heavy atom. The van der Waals surface area contributed by atoms with Crippen molar-refractivity contribution in [3.8, 4) is 0 Å². The van der Waals surface area contributed by atoms with Crippen LogP contribution in [0, 0.1) is 0 Å². The molecule has 2 rings (SSSR count). The molecular formula is C17H24N2O3. The van der Waals surface area contributed by atoms with Crippen molar-refractivity contribution in [1.82, 2.24) is 0 Å². The first kappa shape index (κ1) is 16.5. The molecule has 1 fully saturated rings. The first-order chi connectivity index (χ1) is 10.6. The first-order valence-corrected chi connectivity index (χ1v) is 7.92. The van der Waals surface area contributed by atoms with Crippen LogP contribution in [0.3, 0.4) is 0 Å². The minimum atomic E-state index is -0.424. The summed E-state index contributed by atoms with van der Waals surface area (Å²) in [5.74, 6) is -0.270. The first-order valence-electron chi connectivity index (χ1n) is 7.92. The monoisotopic (exact) mass is 304 g/mol. The summed E-state index contributed by atoms with van der Waals surface area (Å²) in [6, 6.07) is 7.11. The zero-order chi connectivity index (χ0) is 15.9. The summed E-state index contributed by atoms with van der Waals surface area (Å²) in [6.45, 7) is 3.40. The van der Waals surface area contributed by atoms with Gasteiger partial charge in [-0.25, -0.2) is 0 Å². The number of carbonyl (C=O) groups excluding carboxylic acids is 2. The van der Waals surface area contributed by atoms with E-state index in [0.717, 1.165) is 12.8 Å². The van der Waals surface area contributed by atoms with Crippen molar-refractivity contribution in [3.05, 3.63) is 24.3 Å². The van der Waals surface area contributed by atoms with Gasteiger partial charge in [-0.1, -0.05) is 25.8 Å². The summed E-state index contributed by atoms with van der Waals surface area (Å²) in [5, 5.41) is 5.56. The van der Waals surface area contributed by atoms with E-state index in [9.17, 15) is 9.59 Å². The Kier molecular flexibility index (Phi) is 5.95. The summed E-state index contributed by atoms with van der Waals surface area (Å²) >= 11 is 0. The summed E-state index contributed by atoms with van der Waals surface area (Å²) in [5.41, 5.74) is 1.32. The molecule has 2 amide bonds. The molecule has 0 aromatic heterocycles. The quantitative estimate of drug-likeness (QED) is 0.847. The van der Waals surface area contributed by atoms with Gasteiger partial charge in [0.15, 0.2) is 0 Å². The van der Waals surface area contributed by atoms with Gasteiger partial charge < -0.3 is 15.4 Å². The second-order valence-electron chi connectivity index (χ2n) is 5.69.